The summed E-state index contributed by atoms with van der Waals surface area (Å²) in [7, 11) is -1.85. The Balaban J connectivity index is 3.12. The van der Waals surface area contributed by atoms with E-state index in [-0.39, 0.29) is 4.90 Å². The zero-order valence-corrected chi connectivity index (χ0v) is 9.67. The molecule has 1 aromatic rings. The van der Waals surface area contributed by atoms with Crippen LogP contribution in [0, 0.1) is 0 Å². The van der Waals surface area contributed by atoms with Gasteiger partial charge in [-0.15, -0.1) is 0 Å². The minimum Gasteiger partial charge on any atom is -0.380 e. The number of ether oxygens (including phenoxy) is 1. The average molecular weight is 229 g/mol. The van der Waals surface area contributed by atoms with Gasteiger partial charge in [-0.2, -0.15) is 0 Å². The van der Waals surface area contributed by atoms with E-state index in [0.717, 1.165) is 0 Å². The molecule has 0 bridgehead atoms. The fourth-order valence-corrected chi connectivity index (χ4v) is 2.57. The van der Waals surface area contributed by atoms with Gasteiger partial charge in [0.1, 0.15) is 0 Å². The Morgan fingerprint density at radius 3 is 2.60 bits per heavy atom. The molecule has 0 fully saturated rings. The molecule has 0 heterocycles. The lowest BCUT2D eigenvalue weighted by atomic mass is 10.2. The Hall–Kier alpha value is -0.910. The first kappa shape index (κ1) is 12.2. The Labute approximate surface area is 90.3 Å². The molecular formula is C10H15NO3S. The summed E-state index contributed by atoms with van der Waals surface area (Å²) in [5, 5.41) is 0. The van der Waals surface area contributed by atoms with E-state index in [4.69, 9.17) is 4.74 Å². The van der Waals surface area contributed by atoms with E-state index in [2.05, 4.69) is 4.72 Å². The van der Waals surface area contributed by atoms with Crippen LogP contribution in [0.25, 0.3) is 0 Å². The lowest BCUT2D eigenvalue weighted by molar-refractivity contribution is 0.182. The van der Waals surface area contributed by atoms with Gasteiger partial charge in [0.15, 0.2) is 0 Å². The molecule has 0 amide bonds. The standard InChI is InChI=1S/C10H15NO3S/c1-3-11-15(12,13)10-7-5-4-6-9(10)8-14-2/h4-7,11H,3,8H2,1-2H3. The van der Waals surface area contributed by atoms with Crippen LogP contribution in [0.15, 0.2) is 29.2 Å². The molecule has 5 heteroatoms. The molecule has 0 spiro atoms. The quantitative estimate of drug-likeness (QED) is 0.823. The summed E-state index contributed by atoms with van der Waals surface area (Å²) >= 11 is 0. The largest absolute Gasteiger partial charge is 0.380 e. The van der Waals surface area contributed by atoms with Gasteiger partial charge in [0.05, 0.1) is 11.5 Å². The van der Waals surface area contributed by atoms with Gasteiger partial charge in [0.25, 0.3) is 0 Å². The molecule has 1 N–H and O–H groups in total. The van der Waals surface area contributed by atoms with Crippen molar-refractivity contribution in [2.24, 2.45) is 0 Å². The monoisotopic (exact) mass is 229 g/mol. The van der Waals surface area contributed by atoms with E-state index >= 15 is 0 Å². The summed E-state index contributed by atoms with van der Waals surface area (Å²) in [6, 6.07) is 6.81. The van der Waals surface area contributed by atoms with E-state index in [1.165, 1.54) is 7.11 Å². The van der Waals surface area contributed by atoms with Crippen LogP contribution in [0.5, 0.6) is 0 Å². The number of nitrogens with one attached hydrogen (secondary N) is 1. The molecular weight excluding hydrogens is 214 g/mol. The third-order valence-electron chi connectivity index (χ3n) is 1.90. The minimum absolute atomic E-state index is 0.286. The van der Waals surface area contributed by atoms with E-state index in [1.807, 2.05) is 0 Å². The normalized spacial score (nSPS) is 11.6. The average Bonchev–Trinajstić information content (AvgIpc) is 2.19. The highest BCUT2D eigenvalue weighted by Gasteiger charge is 2.16. The van der Waals surface area contributed by atoms with Crippen LogP contribution >= 0.6 is 0 Å². The molecule has 0 radical (unpaired) electrons. The zero-order chi connectivity index (χ0) is 11.3. The molecule has 15 heavy (non-hydrogen) atoms. The first-order valence-corrected chi connectivity index (χ1v) is 6.16. The third kappa shape index (κ3) is 3.02. The zero-order valence-electron chi connectivity index (χ0n) is 8.86. The molecule has 1 rings (SSSR count). The molecule has 84 valence electrons. The lowest BCUT2D eigenvalue weighted by Crippen LogP contribution is -2.24. The van der Waals surface area contributed by atoms with Crippen molar-refractivity contribution in [2.75, 3.05) is 13.7 Å². The van der Waals surface area contributed by atoms with E-state index in [9.17, 15) is 8.42 Å². The van der Waals surface area contributed by atoms with Crippen LogP contribution in [0.4, 0.5) is 0 Å². The predicted molar refractivity (Wildman–Crippen MR) is 58.0 cm³/mol. The molecule has 0 saturated carbocycles. The second-order valence-electron chi connectivity index (χ2n) is 3.04. The fourth-order valence-electron chi connectivity index (χ4n) is 1.31. The summed E-state index contributed by atoms with van der Waals surface area (Å²) in [4.78, 5) is 0.286. The van der Waals surface area contributed by atoms with Crippen molar-refractivity contribution < 1.29 is 13.2 Å². The van der Waals surface area contributed by atoms with Gasteiger partial charge in [-0.1, -0.05) is 25.1 Å². The van der Waals surface area contributed by atoms with Gasteiger partial charge in [0.2, 0.25) is 10.0 Å². The highest BCUT2D eigenvalue weighted by atomic mass is 32.2. The topological polar surface area (TPSA) is 55.4 Å². The van der Waals surface area contributed by atoms with E-state index in [0.29, 0.717) is 18.7 Å². The van der Waals surface area contributed by atoms with Crippen molar-refractivity contribution in [3.05, 3.63) is 29.8 Å². The minimum atomic E-state index is -3.39. The van der Waals surface area contributed by atoms with Gasteiger partial charge >= 0.3 is 0 Å². The summed E-state index contributed by atoms with van der Waals surface area (Å²) in [5.41, 5.74) is 0.668. The van der Waals surface area contributed by atoms with Crippen molar-refractivity contribution in [1.82, 2.24) is 4.72 Å². The van der Waals surface area contributed by atoms with Gasteiger partial charge in [-0.05, 0) is 11.6 Å². The maximum absolute atomic E-state index is 11.8. The molecule has 0 aliphatic heterocycles. The predicted octanol–water partition coefficient (Wildman–Crippen LogP) is 1.13. The van der Waals surface area contributed by atoms with Crippen molar-refractivity contribution in [3.63, 3.8) is 0 Å². The fraction of sp³-hybridized carbons (Fsp3) is 0.400. The van der Waals surface area contributed by atoms with Crippen molar-refractivity contribution in [1.29, 1.82) is 0 Å². The maximum atomic E-state index is 11.8. The molecule has 0 unspecified atom stereocenters. The van der Waals surface area contributed by atoms with Crippen LogP contribution in [0.1, 0.15) is 12.5 Å². The number of rotatable bonds is 5. The molecule has 4 nitrogen and oxygen atoms in total. The second kappa shape index (κ2) is 5.25. The Bertz CT molecular complexity index is 414. The van der Waals surface area contributed by atoms with Crippen LogP contribution in [0.3, 0.4) is 0 Å². The highest BCUT2D eigenvalue weighted by Crippen LogP contribution is 2.15. The molecule has 0 aromatic heterocycles. The number of hydrogen-bond donors (Lipinski definition) is 1. The van der Waals surface area contributed by atoms with Crippen molar-refractivity contribution in [3.8, 4) is 0 Å². The maximum Gasteiger partial charge on any atom is 0.240 e. The van der Waals surface area contributed by atoms with Gasteiger partial charge in [-0.3, -0.25) is 0 Å². The first-order valence-electron chi connectivity index (χ1n) is 4.68. The highest BCUT2D eigenvalue weighted by molar-refractivity contribution is 7.89. The van der Waals surface area contributed by atoms with Crippen molar-refractivity contribution >= 4 is 10.0 Å². The Kier molecular flexibility index (Phi) is 4.26. The summed E-state index contributed by atoms with van der Waals surface area (Å²) in [6.07, 6.45) is 0. The summed E-state index contributed by atoms with van der Waals surface area (Å²) in [6.45, 7) is 2.42. The second-order valence-corrected chi connectivity index (χ2v) is 4.78. The van der Waals surface area contributed by atoms with Crippen LogP contribution in [-0.4, -0.2) is 22.1 Å². The third-order valence-corrected chi connectivity index (χ3v) is 3.54. The van der Waals surface area contributed by atoms with Crippen LogP contribution < -0.4 is 4.72 Å². The van der Waals surface area contributed by atoms with Crippen LogP contribution in [-0.2, 0) is 21.4 Å². The number of methoxy groups -OCH3 is 1. The Morgan fingerprint density at radius 2 is 2.00 bits per heavy atom. The summed E-state index contributed by atoms with van der Waals surface area (Å²) in [5.74, 6) is 0. The SMILES string of the molecule is CCNS(=O)(=O)c1ccccc1COC. The molecule has 0 atom stereocenters. The molecule has 0 aliphatic carbocycles. The Morgan fingerprint density at radius 1 is 1.33 bits per heavy atom. The summed E-state index contributed by atoms with van der Waals surface area (Å²) < 4.78 is 30.9. The first-order chi connectivity index (χ1) is 7.11. The van der Waals surface area contributed by atoms with Gasteiger partial charge < -0.3 is 4.74 Å². The van der Waals surface area contributed by atoms with Crippen LogP contribution in [0.2, 0.25) is 0 Å². The lowest BCUT2D eigenvalue weighted by Gasteiger charge is -2.09. The molecule has 0 saturated heterocycles. The number of hydrogen-bond acceptors (Lipinski definition) is 3. The molecule has 1 aromatic carbocycles. The van der Waals surface area contributed by atoms with Crippen molar-refractivity contribution in [2.45, 2.75) is 18.4 Å². The number of benzene rings is 1. The van der Waals surface area contributed by atoms with Gasteiger partial charge in [-0.25, -0.2) is 13.1 Å². The number of sulfonamides is 1. The van der Waals surface area contributed by atoms with E-state index in [1.54, 1.807) is 31.2 Å². The smallest absolute Gasteiger partial charge is 0.240 e. The van der Waals surface area contributed by atoms with E-state index < -0.39 is 10.0 Å². The molecule has 0 aliphatic rings. The van der Waals surface area contributed by atoms with Gasteiger partial charge in [0, 0.05) is 13.7 Å².